The van der Waals surface area contributed by atoms with Crippen molar-refractivity contribution in [2.45, 2.75) is 26.4 Å². The normalized spacial score (nSPS) is 13.7. The van der Waals surface area contributed by atoms with Crippen molar-refractivity contribution in [1.82, 2.24) is 0 Å². The van der Waals surface area contributed by atoms with E-state index in [9.17, 15) is 23.3 Å². The van der Waals surface area contributed by atoms with Gasteiger partial charge < -0.3 is 0 Å². The van der Waals surface area contributed by atoms with Crippen LogP contribution in [0.5, 0.6) is 0 Å². The average Bonchev–Trinajstić information content (AvgIpc) is 2.24. The van der Waals surface area contributed by atoms with E-state index in [4.69, 9.17) is 0 Å². The van der Waals surface area contributed by atoms with E-state index in [-0.39, 0.29) is 12.1 Å². The van der Waals surface area contributed by atoms with E-state index in [0.717, 1.165) is 0 Å². The Bertz CT molecular complexity index is 412. The molecule has 18 heavy (non-hydrogen) atoms. The number of hydrogen-bond acceptors (Lipinski definition) is 2. The Kier molecular flexibility index (Phi) is 4.32. The number of nitrogens with zero attached hydrogens (tertiary/aromatic N) is 1. The topological polar surface area (TPSA) is 43.1 Å². The van der Waals surface area contributed by atoms with Crippen LogP contribution in [0.1, 0.15) is 19.4 Å². The lowest BCUT2D eigenvalue weighted by Gasteiger charge is -2.23. The molecule has 0 amide bonds. The fraction of sp³-hybridized carbons (Fsp3) is 0.500. The van der Waals surface area contributed by atoms with Crippen LogP contribution in [0.25, 0.3) is 0 Å². The van der Waals surface area contributed by atoms with E-state index in [2.05, 4.69) is 0 Å². The highest BCUT2D eigenvalue weighted by Gasteiger charge is 2.41. The highest BCUT2D eigenvalue weighted by atomic mass is 19.4. The molecule has 0 N–H and O–H groups in total. The molecule has 0 aliphatic heterocycles. The number of nitro groups is 1. The molecule has 1 aromatic rings. The van der Waals surface area contributed by atoms with Crippen molar-refractivity contribution in [1.29, 1.82) is 0 Å². The molecule has 0 saturated heterocycles. The Hall–Kier alpha value is -1.59. The maximum atomic E-state index is 12.8. The minimum Gasteiger partial charge on any atom is -0.258 e. The van der Waals surface area contributed by atoms with Crippen LogP contribution in [0.15, 0.2) is 24.3 Å². The van der Waals surface area contributed by atoms with E-state index >= 15 is 0 Å². The second kappa shape index (κ2) is 5.37. The van der Waals surface area contributed by atoms with Crippen molar-refractivity contribution >= 4 is 5.69 Å². The molecule has 0 spiro atoms. The molecule has 0 bridgehead atoms. The summed E-state index contributed by atoms with van der Waals surface area (Å²) in [6.07, 6.45) is -4.41. The number of halogens is 3. The van der Waals surface area contributed by atoms with Gasteiger partial charge in [0, 0.05) is 12.1 Å². The van der Waals surface area contributed by atoms with Gasteiger partial charge in [-0.05, 0) is 17.9 Å². The average molecular weight is 261 g/mol. The largest absolute Gasteiger partial charge is 0.392 e. The molecule has 1 rings (SSSR count). The van der Waals surface area contributed by atoms with Gasteiger partial charge in [-0.2, -0.15) is 13.2 Å². The summed E-state index contributed by atoms with van der Waals surface area (Å²) in [6.45, 7) is 3.03. The number of nitro benzene ring substituents is 1. The summed E-state index contributed by atoms with van der Waals surface area (Å²) in [5.74, 6) is -1.96. The van der Waals surface area contributed by atoms with Crippen LogP contribution >= 0.6 is 0 Å². The summed E-state index contributed by atoms with van der Waals surface area (Å²) >= 11 is 0. The van der Waals surface area contributed by atoms with Crippen LogP contribution in [-0.2, 0) is 6.42 Å². The van der Waals surface area contributed by atoms with E-state index in [0.29, 0.717) is 5.56 Å². The lowest BCUT2D eigenvalue weighted by Crippen LogP contribution is -2.29. The number of rotatable bonds is 4. The van der Waals surface area contributed by atoms with Gasteiger partial charge in [-0.3, -0.25) is 10.1 Å². The predicted octanol–water partition coefficient (Wildman–Crippen LogP) is 3.97. The number of hydrogen-bond donors (Lipinski definition) is 0. The Balaban J connectivity index is 2.85. The molecule has 0 radical (unpaired) electrons. The lowest BCUT2D eigenvalue weighted by molar-refractivity contribution is -0.384. The summed E-state index contributed by atoms with van der Waals surface area (Å²) in [7, 11) is 0. The van der Waals surface area contributed by atoms with Crippen LogP contribution in [0, 0.1) is 22.0 Å². The minimum atomic E-state index is -4.25. The van der Waals surface area contributed by atoms with Gasteiger partial charge >= 0.3 is 6.18 Å². The highest BCUT2D eigenvalue weighted by molar-refractivity contribution is 5.33. The summed E-state index contributed by atoms with van der Waals surface area (Å²) in [4.78, 5) is 9.85. The molecule has 3 nitrogen and oxygen atoms in total. The zero-order valence-electron chi connectivity index (χ0n) is 10.1. The van der Waals surface area contributed by atoms with Crippen molar-refractivity contribution in [3.8, 4) is 0 Å². The van der Waals surface area contributed by atoms with Crippen molar-refractivity contribution in [3.05, 3.63) is 39.9 Å². The van der Waals surface area contributed by atoms with Gasteiger partial charge in [0.05, 0.1) is 10.8 Å². The summed E-state index contributed by atoms with van der Waals surface area (Å²) in [6, 6.07) is 5.20. The zero-order chi connectivity index (χ0) is 13.9. The van der Waals surface area contributed by atoms with Gasteiger partial charge in [0.15, 0.2) is 0 Å². The second-order valence-corrected chi connectivity index (χ2v) is 4.52. The van der Waals surface area contributed by atoms with E-state index < -0.39 is 22.9 Å². The number of benzene rings is 1. The van der Waals surface area contributed by atoms with Crippen molar-refractivity contribution < 1.29 is 18.1 Å². The van der Waals surface area contributed by atoms with Gasteiger partial charge in [0.2, 0.25) is 0 Å². The van der Waals surface area contributed by atoms with Gasteiger partial charge in [0.1, 0.15) is 0 Å². The predicted molar refractivity (Wildman–Crippen MR) is 61.2 cm³/mol. The third-order valence-electron chi connectivity index (χ3n) is 2.83. The summed E-state index contributed by atoms with van der Waals surface area (Å²) in [5.41, 5.74) is 0.337. The first kappa shape index (κ1) is 14.5. The molecule has 1 atom stereocenters. The quantitative estimate of drug-likeness (QED) is 0.608. The maximum Gasteiger partial charge on any atom is 0.392 e. The van der Waals surface area contributed by atoms with Crippen LogP contribution in [0.4, 0.5) is 18.9 Å². The zero-order valence-corrected chi connectivity index (χ0v) is 10.1. The van der Waals surface area contributed by atoms with E-state index in [1.165, 1.54) is 38.1 Å². The van der Waals surface area contributed by atoms with Crippen LogP contribution < -0.4 is 0 Å². The van der Waals surface area contributed by atoms with Gasteiger partial charge in [0.25, 0.3) is 5.69 Å². The lowest BCUT2D eigenvalue weighted by atomic mass is 9.88. The highest BCUT2D eigenvalue weighted by Crippen LogP contribution is 2.34. The molecule has 0 aromatic heterocycles. The van der Waals surface area contributed by atoms with Crippen LogP contribution in [0.2, 0.25) is 0 Å². The molecule has 6 heteroatoms. The molecule has 0 aliphatic carbocycles. The molecular formula is C12H14F3NO2. The third kappa shape index (κ3) is 3.72. The Morgan fingerprint density at radius 1 is 1.22 bits per heavy atom. The number of non-ortho nitro benzene ring substituents is 1. The molecule has 1 aromatic carbocycles. The fourth-order valence-corrected chi connectivity index (χ4v) is 1.74. The first-order valence-corrected chi connectivity index (χ1v) is 5.52. The molecule has 0 fully saturated rings. The summed E-state index contributed by atoms with van der Waals surface area (Å²) < 4.78 is 38.3. The van der Waals surface area contributed by atoms with Crippen LogP contribution in [-0.4, -0.2) is 11.1 Å². The molecule has 1 unspecified atom stereocenters. The monoisotopic (exact) mass is 261 g/mol. The molecule has 0 aliphatic rings. The fourth-order valence-electron chi connectivity index (χ4n) is 1.74. The van der Waals surface area contributed by atoms with Gasteiger partial charge in [-0.1, -0.05) is 26.0 Å². The smallest absolute Gasteiger partial charge is 0.258 e. The molecular weight excluding hydrogens is 247 g/mol. The molecule has 0 heterocycles. The first-order valence-electron chi connectivity index (χ1n) is 5.52. The summed E-state index contributed by atoms with van der Waals surface area (Å²) in [5, 5.41) is 10.4. The van der Waals surface area contributed by atoms with Crippen molar-refractivity contribution in [2.75, 3.05) is 0 Å². The van der Waals surface area contributed by atoms with E-state index in [1.807, 2.05) is 0 Å². The van der Waals surface area contributed by atoms with E-state index in [1.54, 1.807) is 0 Å². The maximum absolute atomic E-state index is 12.8. The molecule has 100 valence electrons. The first-order chi connectivity index (χ1) is 8.21. The third-order valence-corrected chi connectivity index (χ3v) is 2.83. The second-order valence-electron chi connectivity index (χ2n) is 4.52. The number of alkyl halides is 3. The van der Waals surface area contributed by atoms with Crippen LogP contribution in [0.3, 0.4) is 0 Å². The van der Waals surface area contributed by atoms with Gasteiger partial charge in [-0.25, -0.2) is 0 Å². The Morgan fingerprint density at radius 3 is 2.06 bits per heavy atom. The standard InChI is InChI=1S/C12H14F3NO2/c1-8(2)11(12(13,14)15)7-9-3-5-10(6-4-9)16(17)18/h3-6,8,11H,7H2,1-2H3. The Morgan fingerprint density at radius 2 is 1.72 bits per heavy atom. The molecule has 0 saturated carbocycles. The van der Waals surface area contributed by atoms with Crippen molar-refractivity contribution in [3.63, 3.8) is 0 Å². The van der Waals surface area contributed by atoms with Crippen molar-refractivity contribution in [2.24, 2.45) is 11.8 Å². The minimum absolute atomic E-state index is 0.119. The SMILES string of the molecule is CC(C)C(Cc1ccc([N+](=O)[O-])cc1)C(F)(F)F. The van der Waals surface area contributed by atoms with Gasteiger partial charge in [-0.15, -0.1) is 0 Å². The Labute approximate surface area is 103 Å².